The summed E-state index contributed by atoms with van der Waals surface area (Å²) < 4.78 is 0. The molecule has 4 atom stereocenters. The number of rotatable bonds is 2. The third-order valence-electron chi connectivity index (χ3n) is 5.71. The standard InChI is InChI=1S/C16H30N2/c1-16(2,3)15-10-17-6-7-18(15)11-14-9-12-4-5-13(14)8-12/h12-15,17H,4-11H2,1-3H3. The summed E-state index contributed by atoms with van der Waals surface area (Å²) >= 11 is 0. The second-order valence-corrected chi connectivity index (χ2v) is 8.02. The van der Waals surface area contributed by atoms with Crippen molar-refractivity contribution in [1.82, 2.24) is 10.2 Å². The van der Waals surface area contributed by atoms with Gasteiger partial charge in [0.05, 0.1) is 0 Å². The van der Waals surface area contributed by atoms with E-state index in [1.165, 1.54) is 45.4 Å². The largest absolute Gasteiger partial charge is 0.314 e. The zero-order valence-electron chi connectivity index (χ0n) is 12.4. The van der Waals surface area contributed by atoms with Crippen molar-refractivity contribution in [1.29, 1.82) is 0 Å². The third kappa shape index (κ3) is 2.46. The first kappa shape index (κ1) is 12.9. The lowest BCUT2D eigenvalue weighted by Gasteiger charge is -2.45. The smallest absolute Gasteiger partial charge is 0.0269 e. The zero-order chi connectivity index (χ0) is 12.8. The van der Waals surface area contributed by atoms with Crippen LogP contribution in [0.4, 0.5) is 0 Å². The van der Waals surface area contributed by atoms with Gasteiger partial charge in [0.25, 0.3) is 0 Å². The van der Waals surface area contributed by atoms with Crippen LogP contribution in [0.15, 0.2) is 0 Å². The van der Waals surface area contributed by atoms with Crippen LogP contribution in [0.2, 0.25) is 0 Å². The number of nitrogens with one attached hydrogen (secondary N) is 1. The van der Waals surface area contributed by atoms with Gasteiger partial charge in [-0.1, -0.05) is 27.2 Å². The molecular formula is C16H30N2. The summed E-state index contributed by atoms with van der Waals surface area (Å²) in [6, 6.07) is 0.727. The fourth-order valence-electron chi connectivity index (χ4n) is 4.72. The van der Waals surface area contributed by atoms with E-state index in [9.17, 15) is 0 Å². The van der Waals surface area contributed by atoms with Crippen molar-refractivity contribution in [3.63, 3.8) is 0 Å². The van der Waals surface area contributed by atoms with Crippen LogP contribution < -0.4 is 5.32 Å². The predicted octanol–water partition coefficient (Wildman–Crippen LogP) is 2.74. The van der Waals surface area contributed by atoms with E-state index in [0.29, 0.717) is 5.41 Å². The molecule has 1 aliphatic heterocycles. The van der Waals surface area contributed by atoms with Crippen molar-refractivity contribution < 1.29 is 0 Å². The first-order valence-corrected chi connectivity index (χ1v) is 7.99. The van der Waals surface area contributed by atoms with E-state index in [2.05, 4.69) is 31.0 Å². The Morgan fingerprint density at radius 1 is 1.17 bits per heavy atom. The Hall–Kier alpha value is -0.0800. The quantitative estimate of drug-likeness (QED) is 0.811. The van der Waals surface area contributed by atoms with Crippen molar-refractivity contribution in [2.24, 2.45) is 23.2 Å². The fraction of sp³-hybridized carbons (Fsp3) is 1.00. The van der Waals surface area contributed by atoms with E-state index in [0.717, 1.165) is 23.8 Å². The van der Waals surface area contributed by atoms with Crippen molar-refractivity contribution in [3.05, 3.63) is 0 Å². The van der Waals surface area contributed by atoms with E-state index in [-0.39, 0.29) is 0 Å². The van der Waals surface area contributed by atoms with E-state index in [4.69, 9.17) is 0 Å². The van der Waals surface area contributed by atoms with Gasteiger partial charge in [-0.25, -0.2) is 0 Å². The lowest BCUT2D eigenvalue weighted by molar-refractivity contribution is 0.0521. The lowest BCUT2D eigenvalue weighted by atomic mass is 9.82. The van der Waals surface area contributed by atoms with E-state index >= 15 is 0 Å². The van der Waals surface area contributed by atoms with Gasteiger partial charge in [-0.05, 0) is 42.4 Å². The Bertz CT molecular complexity index is 294. The SMILES string of the molecule is CC(C)(C)C1CNCCN1CC1CC2CCC1C2. The van der Waals surface area contributed by atoms with Crippen LogP contribution in [0.25, 0.3) is 0 Å². The molecule has 1 saturated heterocycles. The Labute approximate surface area is 113 Å². The minimum Gasteiger partial charge on any atom is -0.314 e. The van der Waals surface area contributed by atoms with E-state index in [1.807, 2.05) is 0 Å². The Balaban J connectivity index is 1.63. The van der Waals surface area contributed by atoms with Gasteiger partial charge in [-0.3, -0.25) is 4.90 Å². The zero-order valence-corrected chi connectivity index (χ0v) is 12.4. The van der Waals surface area contributed by atoms with Crippen LogP contribution in [0.3, 0.4) is 0 Å². The summed E-state index contributed by atoms with van der Waals surface area (Å²) in [5.41, 5.74) is 0.408. The van der Waals surface area contributed by atoms with Crippen molar-refractivity contribution >= 4 is 0 Å². The van der Waals surface area contributed by atoms with Gasteiger partial charge >= 0.3 is 0 Å². The molecule has 2 heteroatoms. The maximum atomic E-state index is 3.59. The summed E-state index contributed by atoms with van der Waals surface area (Å²) in [5, 5.41) is 3.59. The molecule has 2 saturated carbocycles. The molecule has 104 valence electrons. The van der Waals surface area contributed by atoms with Gasteiger partial charge in [0.15, 0.2) is 0 Å². The molecule has 0 aromatic heterocycles. The second-order valence-electron chi connectivity index (χ2n) is 8.02. The van der Waals surface area contributed by atoms with Gasteiger partial charge in [-0.15, -0.1) is 0 Å². The average molecular weight is 250 g/mol. The highest BCUT2D eigenvalue weighted by atomic mass is 15.2. The maximum absolute atomic E-state index is 3.59. The number of hydrogen-bond acceptors (Lipinski definition) is 2. The molecule has 0 spiro atoms. The molecule has 0 radical (unpaired) electrons. The molecule has 18 heavy (non-hydrogen) atoms. The Kier molecular flexibility index (Phi) is 3.44. The minimum atomic E-state index is 0.408. The summed E-state index contributed by atoms with van der Waals surface area (Å²) in [7, 11) is 0. The molecule has 2 aliphatic carbocycles. The molecular weight excluding hydrogens is 220 g/mol. The van der Waals surface area contributed by atoms with Gasteiger partial charge < -0.3 is 5.32 Å². The Morgan fingerprint density at radius 3 is 2.61 bits per heavy atom. The predicted molar refractivity (Wildman–Crippen MR) is 76.6 cm³/mol. The molecule has 1 N–H and O–H groups in total. The van der Waals surface area contributed by atoms with Crippen molar-refractivity contribution in [2.75, 3.05) is 26.2 Å². The third-order valence-corrected chi connectivity index (χ3v) is 5.71. The average Bonchev–Trinajstić information content (AvgIpc) is 2.90. The van der Waals surface area contributed by atoms with E-state index < -0.39 is 0 Å². The van der Waals surface area contributed by atoms with Crippen LogP contribution in [0.1, 0.15) is 46.5 Å². The molecule has 0 aromatic carbocycles. The van der Waals surface area contributed by atoms with Gasteiger partial charge in [0.1, 0.15) is 0 Å². The summed E-state index contributed by atoms with van der Waals surface area (Å²) in [4.78, 5) is 2.81. The highest BCUT2D eigenvalue weighted by molar-refractivity contribution is 4.95. The minimum absolute atomic E-state index is 0.408. The molecule has 3 fully saturated rings. The van der Waals surface area contributed by atoms with Crippen molar-refractivity contribution in [2.45, 2.75) is 52.5 Å². The van der Waals surface area contributed by atoms with Gasteiger partial charge in [-0.2, -0.15) is 0 Å². The second kappa shape index (κ2) is 4.79. The summed E-state index contributed by atoms with van der Waals surface area (Å²) in [6.45, 7) is 12.2. The molecule has 0 aromatic rings. The first-order chi connectivity index (χ1) is 8.54. The maximum Gasteiger partial charge on any atom is 0.0269 e. The first-order valence-electron chi connectivity index (χ1n) is 7.99. The lowest BCUT2D eigenvalue weighted by Crippen LogP contribution is -2.57. The van der Waals surface area contributed by atoms with Gasteiger partial charge in [0, 0.05) is 32.2 Å². The molecule has 2 nitrogen and oxygen atoms in total. The van der Waals surface area contributed by atoms with Crippen LogP contribution in [-0.2, 0) is 0 Å². The monoisotopic (exact) mass is 250 g/mol. The Morgan fingerprint density at radius 2 is 2.00 bits per heavy atom. The van der Waals surface area contributed by atoms with Crippen LogP contribution in [0, 0.1) is 23.2 Å². The van der Waals surface area contributed by atoms with Gasteiger partial charge in [0.2, 0.25) is 0 Å². The highest BCUT2D eigenvalue weighted by Crippen LogP contribution is 2.48. The number of nitrogens with zero attached hydrogens (tertiary/aromatic N) is 1. The summed E-state index contributed by atoms with van der Waals surface area (Å²) in [5.74, 6) is 3.19. The normalized spacial score (nSPS) is 41.5. The van der Waals surface area contributed by atoms with Crippen molar-refractivity contribution in [3.8, 4) is 0 Å². The van der Waals surface area contributed by atoms with Crippen LogP contribution in [-0.4, -0.2) is 37.1 Å². The molecule has 0 amide bonds. The number of fused-ring (bicyclic) bond motifs is 2. The summed E-state index contributed by atoms with van der Waals surface area (Å²) in [6.07, 6.45) is 6.15. The van der Waals surface area contributed by atoms with E-state index in [1.54, 1.807) is 6.42 Å². The molecule has 1 heterocycles. The molecule has 4 unspecified atom stereocenters. The molecule has 3 aliphatic rings. The fourth-order valence-corrected chi connectivity index (χ4v) is 4.72. The molecule has 3 rings (SSSR count). The van der Waals surface area contributed by atoms with Crippen LogP contribution in [0.5, 0.6) is 0 Å². The number of hydrogen-bond donors (Lipinski definition) is 1. The molecule has 2 bridgehead atoms. The van der Waals surface area contributed by atoms with Crippen LogP contribution >= 0.6 is 0 Å². The highest BCUT2D eigenvalue weighted by Gasteiger charge is 2.42. The topological polar surface area (TPSA) is 15.3 Å². The number of piperazine rings is 1.